The normalized spacial score (nSPS) is 14.2. The van der Waals surface area contributed by atoms with Gasteiger partial charge in [0, 0.05) is 49.2 Å². The quantitative estimate of drug-likeness (QED) is 0.158. The van der Waals surface area contributed by atoms with Crippen LogP contribution in [0.5, 0.6) is 11.5 Å². The summed E-state index contributed by atoms with van der Waals surface area (Å²) in [6.45, 7) is 9.90. The van der Waals surface area contributed by atoms with Crippen LogP contribution in [0.4, 0.5) is 0 Å². The van der Waals surface area contributed by atoms with Crippen molar-refractivity contribution in [3.05, 3.63) is 57.3 Å². The summed E-state index contributed by atoms with van der Waals surface area (Å²) in [4.78, 5) is 24.5. The highest BCUT2D eigenvalue weighted by Gasteiger charge is 2.31. The van der Waals surface area contributed by atoms with Gasteiger partial charge in [0.2, 0.25) is 0 Å². The summed E-state index contributed by atoms with van der Waals surface area (Å²) in [6, 6.07) is 5.56. The third-order valence-electron chi connectivity index (χ3n) is 7.83. The van der Waals surface area contributed by atoms with Crippen LogP contribution >= 0.6 is 11.3 Å². The Kier molecular flexibility index (Phi) is 12.0. The standard InChI is InChI=1S/C33H44N4O8S/c1-33(2)17-26-25(20-45-33)24(18-34-8-9-42-12-13-44-15-14-43-11-10-39-3)28-29-30(46-31(28)36-26)32(38)37(21-35-29)19-22-6-7-23(40-4)16-27(22)41-5/h6-7,16,21,34H,8-15,17-20H2,1-5H3. The first-order valence-electron chi connectivity index (χ1n) is 15.4. The molecule has 5 rings (SSSR count). The average Bonchev–Trinajstić information content (AvgIpc) is 3.42. The Hall–Kier alpha value is -3.17. The highest BCUT2D eigenvalue weighted by Crippen LogP contribution is 2.38. The van der Waals surface area contributed by atoms with Crippen LogP contribution in [0.25, 0.3) is 20.4 Å². The zero-order valence-electron chi connectivity index (χ0n) is 27.3. The highest BCUT2D eigenvalue weighted by atomic mass is 32.1. The Labute approximate surface area is 272 Å². The molecule has 0 spiro atoms. The molecule has 0 radical (unpaired) electrons. The number of hydrogen-bond donors (Lipinski definition) is 1. The minimum absolute atomic E-state index is 0.114. The third kappa shape index (κ3) is 8.21. The van der Waals surface area contributed by atoms with Crippen molar-refractivity contribution in [3.8, 4) is 11.5 Å². The summed E-state index contributed by atoms with van der Waals surface area (Å²) in [5.74, 6) is 1.33. The van der Waals surface area contributed by atoms with E-state index in [1.54, 1.807) is 32.2 Å². The molecule has 12 nitrogen and oxygen atoms in total. The minimum atomic E-state index is -0.316. The Morgan fingerprint density at radius 3 is 2.46 bits per heavy atom. The molecular formula is C33H44N4O8S. The van der Waals surface area contributed by atoms with Crippen LogP contribution in [0.2, 0.25) is 0 Å². The molecule has 0 saturated carbocycles. The first-order valence-corrected chi connectivity index (χ1v) is 16.3. The maximum atomic E-state index is 13.8. The van der Waals surface area contributed by atoms with Crippen LogP contribution in [-0.4, -0.2) is 94.3 Å². The number of ether oxygens (including phenoxy) is 7. The van der Waals surface area contributed by atoms with Crippen LogP contribution in [0, 0.1) is 0 Å². The van der Waals surface area contributed by atoms with Crippen LogP contribution in [0.1, 0.15) is 36.2 Å². The molecule has 13 heteroatoms. The number of fused-ring (bicyclic) bond motifs is 4. The van der Waals surface area contributed by atoms with Crippen molar-refractivity contribution < 1.29 is 33.2 Å². The van der Waals surface area contributed by atoms with Gasteiger partial charge in [0.05, 0.1) is 96.8 Å². The Balaban J connectivity index is 1.30. The molecule has 4 heterocycles. The van der Waals surface area contributed by atoms with E-state index in [1.165, 1.54) is 11.3 Å². The molecular weight excluding hydrogens is 612 g/mol. The van der Waals surface area contributed by atoms with Gasteiger partial charge in [-0.25, -0.2) is 9.97 Å². The molecule has 0 bridgehead atoms. The molecule has 1 aliphatic rings. The maximum Gasteiger partial charge on any atom is 0.271 e. The average molecular weight is 657 g/mol. The second-order valence-electron chi connectivity index (χ2n) is 11.6. The van der Waals surface area contributed by atoms with Crippen molar-refractivity contribution in [2.24, 2.45) is 0 Å². The van der Waals surface area contributed by atoms with Crippen LogP contribution < -0.4 is 20.3 Å². The monoisotopic (exact) mass is 656 g/mol. The van der Waals surface area contributed by atoms with Crippen LogP contribution in [0.3, 0.4) is 0 Å². The molecule has 0 unspecified atom stereocenters. The number of rotatable bonds is 18. The fourth-order valence-electron chi connectivity index (χ4n) is 5.41. The molecule has 1 N–H and O–H groups in total. The number of nitrogens with one attached hydrogen (secondary N) is 1. The number of aromatic nitrogens is 3. The van der Waals surface area contributed by atoms with Gasteiger partial charge in [0.25, 0.3) is 5.56 Å². The number of nitrogens with zero attached hydrogens (tertiary/aromatic N) is 3. The van der Waals surface area contributed by atoms with Crippen LogP contribution in [0.15, 0.2) is 29.3 Å². The van der Waals surface area contributed by atoms with Gasteiger partial charge in [-0.15, -0.1) is 11.3 Å². The molecule has 0 fully saturated rings. The minimum Gasteiger partial charge on any atom is -0.497 e. The summed E-state index contributed by atoms with van der Waals surface area (Å²) in [5.41, 5.74) is 4.23. The van der Waals surface area contributed by atoms with E-state index in [4.69, 9.17) is 43.1 Å². The number of hydrogen-bond acceptors (Lipinski definition) is 12. The highest BCUT2D eigenvalue weighted by molar-refractivity contribution is 7.25. The van der Waals surface area contributed by atoms with Crippen molar-refractivity contribution in [1.29, 1.82) is 0 Å². The molecule has 4 aromatic rings. The predicted molar refractivity (Wildman–Crippen MR) is 176 cm³/mol. The lowest BCUT2D eigenvalue weighted by molar-refractivity contribution is -0.0415. The van der Waals surface area contributed by atoms with Gasteiger partial charge in [-0.1, -0.05) is 0 Å². The molecule has 250 valence electrons. The number of pyridine rings is 1. The van der Waals surface area contributed by atoms with E-state index < -0.39 is 0 Å². The first-order chi connectivity index (χ1) is 22.3. The van der Waals surface area contributed by atoms with Gasteiger partial charge in [-0.3, -0.25) is 9.36 Å². The number of methoxy groups -OCH3 is 3. The fraction of sp³-hybridized carbons (Fsp3) is 0.545. The van der Waals surface area contributed by atoms with Gasteiger partial charge in [-0.2, -0.15) is 0 Å². The lowest BCUT2D eigenvalue weighted by Crippen LogP contribution is -2.33. The van der Waals surface area contributed by atoms with Crippen LogP contribution in [-0.2, 0) is 49.8 Å². The van der Waals surface area contributed by atoms with Gasteiger partial charge in [0.1, 0.15) is 21.0 Å². The topological polar surface area (TPSA) is 124 Å². The Morgan fingerprint density at radius 1 is 1.00 bits per heavy atom. The van der Waals surface area contributed by atoms with E-state index in [9.17, 15) is 4.79 Å². The fourth-order valence-corrected chi connectivity index (χ4v) is 6.54. The Bertz CT molecular complexity index is 1670. The molecule has 3 aromatic heterocycles. The summed E-state index contributed by atoms with van der Waals surface area (Å²) in [6.07, 6.45) is 2.30. The van der Waals surface area contributed by atoms with Crippen molar-refractivity contribution in [1.82, 2.24) is 19.9 Å². The summed E-state index contributed by atoms with van der Waals surface area (Å²) in [7, 11) is 4.86. The zero-order chi connectivity index (χ0) is 32.5. The smallest absolute Gasteiger partial charge is 0.271 e. The molecule has 0 amide bonds. The summed E-state index contributed by atoms with van der Waals surface area (Å²) >= 11 is 1.40. The molecule has 0 aliphatic carbocycles. The van der Waals surface area contributed by atoms with Crippen molar-refractivity contribution in [2.75, 3.05) is 74.1 Å². The lowest BCUT2D eigenvalue weighted by Gasteiger charge is -2.32. The molecule has 1 aromatic carbocycles. The molecule has 0 atom stereocenters. The van der Waals surface area contributed by atoms with Crippen molar-refractivity contribution in [3.63, 3.8) is 0 Å². The number of thiophene rings is 1. The molecule has 1 aliphatic heterocycles. The summed E-state index contributed by atoms with van der Waals surface area (Å²) in [5, 5.41) is 4.42. The third-order valence-corrected chi connectivity index (χ3v) is 8.89. The zero-order valence-corrected chi connectivity index (χ0v) is 28.1. The first kappa shape index (κ1) is 34.2. The lowest BCUT2D eigenvalue weighted by atomic mass is 9.92. The second kappa shape index (κ2) is 16.1. The van der Waals surface area contributed by atoms with Gasteiger partial charge >= 0.3 is 0 Å². The van der Waals surface area contributed by atoms with E-state index in [2.05, 4.69) is 19.2 Å². The van der Waals surface area contributed by atoms with E-state index in [1.807, 2.05) is 18.2 Å². The van der Waals surface area contributed by atoms with E-state index in [0.29, 0.717) is 101 Å². The predicted octanol–water partition coefficient (Wildman–Crippen LogP) is 3.71. The SMILES string of the molecule is COCCOCCOCCOCCNCc1c2c(nc3sc4c(=O)n(Cc5ccc(OC)cc5OC)cnc4c13)CC(C)(C)OC2. The molecule has 0 saturated heterocycles. The second-order valence-corrected chi connectivity index (χ2v) is 12.6. The number of benzene rings is 1. The van der Waals surface area contributed by atoms with Gasteiger partial charge < -0.3 is 38.5 Å². The largest absolute Gasteiger partial charge is 0.497 e. The van der Waals surface area contributed by atoms with Crippen molar-refractivity contribution in [2.45, 2.75) is 45.6 Å². The van der Waals surface area contributed by atoms with Gasteiger partial charge in [-0.05, 0) is 31.5 Å². The molecule has 46 heavy (non-hydrogen) atoms. The van der Waals surface area contributed by atoms with E-state index in [0.717, 1.165) is 32.6 Å². The maximum absolute atomic E-state index is 13.8. The summed E-state index contributed by atoms with van der Waals surface area (Å²) < 4.78 is 40.9. The Morgan fingerprint density at radius 2 is 1.74 bits per heavy atom. The van der Waals surface area contributed by atoms with Crippen molar-refractivity contribution >= 4 is 31.8 Å². The van der Waals surface area contributed by atoms with E-state index in [-0.39, 0.29) is 11.2 Å². The van der Waals surface area contributed by atoms with E-state index >= 15 is 0 Å². The van der Waals surface area contributed by atoms with Gasteiger partial charge in [0.15, 0.2) is 0 Å².